The monoisotopic (exact) mass is 196 g/mol. The highest BCUT2D eigenvalue weighted by molar-refractivity contribution is 8.16. The number of rotatable bonds is 1. The lowest BCUT2D eigenvalue weighted by Gasteiger charge is -2.05. The second-order valence-corrected chi connectivity index (χ2v) is 6.31. The fourth-order valence-electron chi connectivity index (χ4n) is 0. The van der Waals surface area contributed by atoms with E-state index in [0.29, 0.717) is 0 Å². The zero-order valence-electron chi connectivity index (χ0n) is 3.86. The van der Waals surface area contributed by atoms with Crippen LogP contribution < -0.4 is 0 Å². The van der Waals surface area contributed by atoms with E-state index in [2.05, 4.69) is 0 Å². The third-order valence-electron chi connectivity index (χ3n) is 0.428. The summed E-state index contributed by atoms with van der Waals surface area (Å²) in [7, 11) is 0.880. The van der Waals surface area contributed by atoms with Crippen LogP contribution in [0.15, 0.2) is 0 Å². The van der Waals surface area contributed by atoms with Gasteiger partial charge in [-0.25, -0.2) is 8.42 Å². The lowest BCUT2D eigenvalue weighted by Crippen LogP contribution is -2.15. The van der Waals surface area contributed by atoms with Gasteiger partial charge < -0.3 is 0 Å². The van der Waals surface area contributed by atoms with Crippen molar-refractivity contribution in [2.75, 3.05) is 0 Å². The van der Waals surface area contributed by atoms with Crippen LogP contribution in [0.25, 0.3) is 0 Å². The van der Waals surface area contributed by atoms with Crippen LogP contribution in [0.5, 0.6) is 0 Å². The van der Waals surface area contributed by atoms with Crippen molar-refractivity contribution in [3.05, 3.63) is 0 Å². The molecular weight excluding hydrogens is 194 g/mol. The summed E-state index contributed by atoms with van der Waals surface area (Å²) >= 11 is 10.1. The van der Waals surface area contributed by atoms with Crippen molar-refractivity contribution < 1.29 is 8.42 Å². The lowest BCUT2D eigenvalue weighted by molar-refractivity contribution is 0.605. The highest BCUT2D eigenvalue weighted by atomic mass is 35.7. The Hall–Kier alpha value is 0.820. The molecule has 0 fully saturated rings. The van der Waals surface area contributed by atoms with E-state index in [1.165, 1.54) is 0 Å². The van der Waals surface area contributed by atoms with E-state index in [4.69, 9.17) is 33.9 Å². The van der Waals surface area contributed by atoms with E-state index >= 15 is 0 Å². The molecule has 0 atom stereocenters. The normalized spacial score (nSPS) is 14.0. The molecule has 0 spiro atoms. The SMILES string of the molecule is CC(Cl)(Cl)S(=O)(=O)Cl. The fraction of sp³-hybridized carbons (Fsp3) is 1.00. The van der Waals surface area contributed by atoms with Crippen molar-refractivity contribution in [3.63, 3.8) is 0 Å². The summed E-state index contributed by atoms with van der Waals surface area (Å²) in [6, 6.07) is 0. The standard InChI is InChI=1S/C2H3Cl3O2S/c1-2(3,4)8(5,6)7/h1H3. The quantitative estimate of drug-likeness (QED) is 0.474. The van der Waals surface area contributed by atoms with Crippen molar-refractivity contribution in [3.8, 4) is 0 Å². The van der Waals surface area contributed by atoms with Gasteiger partial charge in [0.25, 0.3) is 9.05 Å². The minimum Gasteiger partial charge on any atom is -0.209 e. The number of alkyl halides is 2. The summed E-state index contributed by atoms with van der Waals surface area (Å²) < 4.78 is 18.4. The summed E-state index contributed by atoms with van der Waals surface area (Å²) in [5, 5.41) is 0. The molecule has 0 aromatic carbocycles. The Morgan fingerprint density at radius 1 is 1.38 bits per heavy atom. The Morgan fingerprint density at radius 2 is 1.50 bits per heavy atom. The highest BCUT2D eigenvalue weighted by Crippen LogP contribution is 2.29. The molecule has 0 aliphatic heterocycles. The predicted molar refractivity (Wildman–Crippen MR) is 34.9 cm³/mol. The van der Waals surface area contributed by atoms with Crippen LogP contribution in [0, 0.1) is 0 Å². The largest absolute Gasteiger partial charge is 0.266 e. The van der Waals surface area contributed by atoms with Gasteiger partial charge in [0.1, 0.15) is 0 Å². The van der Waals surface area contributed by atoms with Gasteiger partial charge >= 0.3 is 0 Å². The molecule has 0 heterocycles. The molecule has 0 saturated heterocycles. The average molecular weight is 197 g/mol. The maximum atomic E-state index is 10.2. The summed E-state index contributed by atoms with van der Waals surface area (Å²) in [5.41, 5.74) is 0. The summed E-state index contributed by atoms with van der Waals surface area (Å²) in [6.07, 6.45) is 0. The number of hydrogen-bond acceptors (Lipinski definition) is 2. The maximum Gasteiger partial charge on any atom is 0.266 e. The van der Waals surface area contributed by atoms with Gasteiger partial charge in [0.2, 0.25) is 3.67 Å². The molecule has 0 rings (SSSR count). The Labute approximate surface area is 62.1 Å². The Kier molecular flexibility index (Phi) is 2.44. The van der Waals surface area contributed by atoms with Crippen LogP contribution in [0.4, 0.5) is 0 Å². The summed E-state index contributed by atoms with van der Waals surface area (Å²) in [5.74, 6) is 0. The van der Waals surface area contributed by atoms with E-state index in [0.717, 1.165) is 6.92 Å². The van der Waals surface area contributed by atoms with Crippen LogP contribution in [-0.4, -0.2) is 12.1 Å². The summed E-state index contributed by atoms with van der Waals surface area (Å²) in [6.45, 7) is 1.08. The van der Waals surface area contributed by atoms with Gasteiger partial charge in [-0.15, -0.1) is 0 Å². The van der Waals surface area contributed by atoms with Crippen molar-refractivity contribution in [2.45, 2.75) is 10.6 Å². The van der Waals surface area contributed by atoms with Crippen molar-refractivity contribution >= 4 is 42.9 Å². The molecule has 0 aromatic rings. The second kappa shape index (κ2) is 2.21. The third-order valence-corrected chi connectivity index (χ3v) is 3.90. The van der Waals surface area contributed by atoms with Gasteiger partial charge in [-0.05, 0) is 6.92 Å². The Balaban J connectivity index is 4.53. The molecule has 0 amide bonds. The number of halogens is 3. The van der Waals surface area contributed by atoms with E-state index < -0.39 is 12.7 Å². The molecule has 0 unspecified atom stereocenters. The molecule has 50 valence electrons. The van der Waals surface area contributed by atoms with Crippen LogP contribution >= 0.6 is 33.9 Å². The zero-order valence-corrected chi connectivity index (χ0v) is 6.94. The first kappa shape index (κ1) is 8.82. The fourth-order valence-corrected chi connectivity index (χ4v) is 0. The van der Waals surface area contributed by atoms with Gasteiger partial charge in [-0.2, -0.15) is 0 Å². The van der Waals surface area contributed by atoms with E-state index in [1.807, 2.05) is 0 Å². The summed E-state index contributed by atoms with van der Waals surface area (Å²) in [4.78, 5) is 0. The minimum absolute atomic E-state index is 1.08. The molecule has 6 heteroatoms. The average Bonchev–Trinajstić information content (AvgIpc) is 1.25. The van der Waals surface area contributed by atoms with E-state index in [-0.39, 0.29) is 0 Å². The van der Waals surface area contributed by atoms with Gasteiger partial charge in [0, 0.05) is 10.7 Å². The van der Waals surface area contributed by atoms with Crippen molar-refractivity contribution in [1.29, 1.82) is 0 Å². The van der Waals surface area contributed by atoms with E-state index in [1.54, 1.807) is 0 Å². The first-order valence-electron chi connectivity index (χ1n) is 1.57. The Bertz CT molecular complexity index is 164. The lowest BCUT2D eigenvalue weighted by atomic mass is 10.9. The molecule has 0 N–H and O–H groups in total. The molecule has 0 aliphatic rings. The second-order valence-electron chi connectivity index (χ2n) is 1.25. The molecule has 0 saturated carbocycles. The maximum absolute atomic E-state index is 10.2. The third kappa shape index (κ3) is 2.40. The van der Waals surface area contributed by atoms with Gasteiger partial charge in [-0.1, -0.05) is 23.2 Å². The minimum atomic E-state index is -3.84. The first-order chi connectivity index (χ1) is 3.25. The first-order valence-corrected chi connectivity index (χ1v) is 4.63. The van der Waals surface area contributed by atoms with E-state index in [9.17, 15) is 8.42 Å². The topological polar surface area (TPSA) is 34.1 Å². The number of hydrogen-bond donors (Lipinski definition) is 0. The molecular formula is C2H3Cl3O2S. The van der Waals surface area contributed by atoms with Crippen molar-refractivity contribution in [1.82, 2.24) is 0 Å². The smallest absolute Gasteiger partial charge is 0.209 e. The van der Waals surface area contributed by atoms with Crippen LogP contribution in [0.1, 0.15) is 6.92 Å². The van der Waals surface area contributed by atoms with Crippen LogP contribution in [-0.2, 0) is 9.05 Å². The predicted octanol–water partition coefficient (Wildman–Crippen LogP) is 1.71. The Morgan fingerprint density at radius 3 is 1.50 bits per heavy atom. The van der Waals surface area contributed by atoms with Gasteiger partial charge in [0.05, 0.1) is 0 Å². The molecule has 8 heavy (non-hydrogen) atoms. The molecule has 2 nitrogen and oxygen atoms in total. The highest BCUT2D eigenvalue weighted by Gasteiger charge is 2.32. The molecule has 0 aliphatic carbocycles. The molecule has 0 bridgehead atoms. The van der Waals surface area contributed by atoms with Crippen LogP contribution in [0.2, 0.25) is 0 Å². The molecule has 0 aromatic heterocycles. The zero-order chi connectivity index (χ0) is 7.00. The van der Waals surface area contributed by atoms with Gasteiger partial charge in [-0.3, -0.25) is 0 Å². The molecule has 0 radical (unpaired) electrons. The van der Waals surface area contributed by atoms with Crippen LogP contribution in [0.3, 0.4) is 0 Å². The van der Waals surface area contributed by atoms with Gasteiger partial charge in [0.15, 0.2) is 0 Å². The van der Waals surface area contributed by atoms with Crippen molar-refractivity contribution in [2.24, 2.45) is 0 Å².